The molecule has 0 fully saturated rings. The number of hydrogen-bond acceptors (Lipinski definition) is 5. The number of nitrogens with one attached hydrogen (secondary N) is 3. The molecule has 0 aliphatic heterocycles. The highest BCUT2D eigenvalue weighted by atomic mass is 16.6. The first-order valence-electron chi connectivity index (χ1n) is 6.56. The van der Waals surface area contributed by atoms with Gasteiger partial charge in [0.1, 0.15) is 0 Å². The molecule has 0 aromatic heterocycles. The molecule has 1 rings (SSSR count). The molecule has 0 aliphatic rings. The summed E-state index contributed by atoms with van der Waals surface area (Å²) < 4.78 is 0. The summed E-state index contributed by atoms with van der Waals surface area (Å²) in [4.78, 5) is 33.1. The number of rotatable bonds is 6. The van der Waals surface area contributed by atoms with Crippen LogP contribution < -0.4 is 16.0 Å². The lowest BCUT2D eigenvalue weighted by molar-refractivity contribution is -0.385. The van der Waals surface area contributed by atoms with Crippen LogP contribution in [0.2, 0.25) is 0 Å². The maximum atomic E-state index is 11.5. The second-order valence-electron chi connectivity index (χ2n) is 4.22. The lowest BCUT2D eigenvalue weighted by atomic mass is 10.1. The minimum absolute atomic E-state index is 0.00614. The molecular formula is C13H18N4O4. The van der Waals surface area contributed by atoms with E-state index >= 15 is 0 Å². The number of carbonyl (C=O) groups excluding carboxylic acids is 2. The van der Waals surface area contributed by atoms with Gasteiger partial charge in [-0.2, -0.15) is 0 Å². The van der Waals surface area contributed by atoms with Crippen molar-refractivity contribution in [1.82, 2.24) is 10.6 Å². The van der Waals surface area contributed by atoms with Gasteiger partial charge in [-0.3, -0.25) is 20.2 Å². The molecule has 0 heterocycles. The zero-order valence-corrected chi connectivity index (χ0v) is 11.9. The molecule has 8 nitrogen and oxygen atoms in total. The van der Waals surface area contributed by atoms with Gasteiger partial charge in [0.05, 0.1) is 11.5 Å². The van der Waals surface area contributed by atoms with Crippen molar-refractivity contribution in [2.24, 2.45) is 0 Å². The number of nitrogens with zero attached hydrogens (tertiary/aromatic N) is 1. The van der Waals surface area contributed by atoms with Crippen molar-refractivity contribution >= 4 is 23.3 Å². The van der Waals surface area contributed by atoms with Gasteiger partial charge in [-0.1, -0.05) is 13.0 Å². The largest absolute Gasteiger partial charge is 0.376 e. The first-order valence-corrected chi connectivity index (χ1v) is 6.56. The fourth-order valence-corrected chi connectivity index (χ4v) is 1.70. The number of anilines is 1. The van der Waals surface area contributed by atoms with Crippen molar-refractivity contribution < 1.29 is 14.5 Å². The van der Waals surface area contributed by atoms with E-state index in [1.807, 2.05) is 6.92 Å². The lowest BCUT2D eigenvalue weighted by Crippen LogP contribution is -2.41. The number of urea groups is 1. The third kappa shape index (κ3) is 5.09. The van der Waals surface area contributed by atoms with Crippen molar-refractivity contribution in [3.05, 3.63) is 33.9 Å². The standard InChI is InChI=1S/C13H18N4O4/c1-3-9-5-6-10(7-11(9)17(20)21)15-8-12(18)16-13(19)14-4-2/h5-7,15H,3-4,8H2,1-2H3,(H2,14,16,18,19). The Morgan fingerprint density at radius 2 is 2.00 bits per heavy atom. The topological polar surface area (TPSA) is 113 Å². The molecule has 0 bridgehead atoms. The van der Waals surface area contributed by atoms with Crippen molar-refractivity contribution in [2.45, 2.75) is 20.3 Å². The molecule has 8 heteroatoms. The summed E-state index contributed by atoms with van der Waals surface area (Å²) in [6.07, 6.45) is 0.550. The summed E-state index contributed by atoms with van der Waals surface area (Å²) in [5.74, 6) is -0.525. The summed E-state index contributed by atoms with van der Waals surface area (Å²) in [7, 11) is 0. The molecule has 0 radical (unpaired) electrons. The number of hydrogen-bond donors (Lipinski definition) is 3. The monoisotopic (exact) mass is 294 g/mol. The van der Waals surface area contributed by atoms with E-state index in [2.05, 4.69) is 16.0 Å². The highest BCUT2D eigenvalue weighted by Crippen LogP contribution is 2.23. The van der Waals surface area contributed by atoms with Crippen LogP contribution in [0.4, 0.5) is 16.2 Å². The van der Waals surface area contributed by atoms with Gasteiger partial charge in [0.2, 0.25) is 5.91 Å². The Labute approximate surface area is 122 Å². The van der Waals surface area contributed by atoms with E-state index < -0.39 is 16.9 Å². The van der Waals surface area contributed by atoms with Crippen molar-refractivity contribution in [3.8, 4) is 0 Å². The van der Waals surface area contributed by atoms with E-state index in [0.717, 1.165) is 0 Å². The molecule has 1 aromatic carbocycles. The fourth-order valence-electron chi connectivity index (χ4n) is 1.70. The quantitative estimate of drug-likeness (QED) is 0.542. The van der Waals surface area contributed by atoms with Crippen LogP contribution in [0.25, 0.3) is 0 Å². The number of nitro benzene ring substituents is 1. The summed E-state index contributed by atoms with van der Waals surface area (Å²) in [5.41, 5.74) is 1.08. The second-order valence-corrected chi connectivity index (χ2v) is 4.22. The Morgan fingerprint density at radius 3 is 2.57 bits per heavy atom. The number of nitro groups is 1. The first kappa shape index (κ1) is 16.4. The van der Waals surface area contributed by atoms with Crippen molar-refractivity contribution in [3.63, 3.8) is 0 Å². The minimum atomic E-state index is -0.573. The highest BCUT2D eigenvalue weighted by Gasteiger charge is 2.13. The summed E-state index contributed by atoms with van der Waals surface area (Å²) in [6, 6.07) is 4.10. The lowest BCUT2D eigenvalue weighted by Gasteiger charge is -2.08. The van der Waals surface area contributed by atoms with Crippen LogP contribution in [0.15, 0.2) is 18.2 Å². The zero-order valence-electron chi connectivity index (χ0n) is 11.9. The molecule has 0 aliphatic carbocycles. The van der Waals surface area contributed by atoms with Crippen molar-refractivity contribution in [1.29, 1.82) is 0 Å². The number of imide groups is 1. The molecule has 3 N–H and O–H groups in total. The van der Waals surface area contributed by atoms with Gasteiger partial charge in [0, 0.05) is 23.9 Å². The predicted molar refractivity (Wildman–Crippen MR) is 78.2 cm³/mol. The number of aryl methyl sites for hydroxylation is 1. The summed E-state index contributed by atoms with van der Waals surface area (Å²) >= 11 is 0. The van der Waals surface area contributed by atoms with E-state index in [0.29, 0.717) is 24.2 Å². The average molecular weight is 294 g/mol. The van der Waals surface area contributed by atoms with Crippen LogP contribution >= 0.6 is 0 Å². The fraction of sp³-hybridized carbons (Fsp3) is 0.385. The molecule has 1 aromatic rings. The first-order chi connectivity index (χ1) is 9.97. The normalized spacial score (nSPS) is 9.81. The number of carbonyl (C=O) groups is 2. The minimum Gasteiger partial charge on any atom is -0.376 e. The van der Waals surface area contributed by atoms with E-state index in [1.54, 1.807) is 19.1 Å². The van der Waals surface area contributed by atoms with Crippen LogP contribution in [0, 0.1) is 10.1 Å². The van der Waals surface area contributed by atoms with Gasteiger partial charge in [-0.25, -0.2) is 4.79 Å². The van der Waals surface area contributed by atoms with Gasteiger partial charge in [0.15, 0.2) is 0 Å². The Morgan fingerprint density at radius 1 is 1.29 bits per heavy atom. The van der Waals surface area contributed by atoms with Crippen molar-refractivity contribution in [2.75, 3.05) is 18.4 Å². The average Bonchev–Trinajstić information content (AvgIpc) is 2.44. The van der Waals surface area contributed by atoms with Gasteiger partial charge in [-0.15, -0.1) is 0 Å². The van der Waals surface area contributed by atoms with Crippen LogP contribution in [-0.4, -0.2) is 30.0 Å². The Hall–Kier alpha value is -2.64. The van der Waals surface area contributed by atoms with E-state index in [4.69, 9.17) is 0 Å². The maximum absolute atomic E-state index is 11.5. The highest BCUT2D eigenvalue weighted by molar-refractivity contribution is 5.96. The molecule has 0 saturated heterocycles. The van der Waals surface area contributed by atoms with Crippen LogP contribution in [0.1, 0.15) is 19.4 Å². The molecule has 114 valence electrons. The Balaban J connectivity index is 2.63. The van der Waals surface area contributed by atoms with E-state index in [-0.39, 0.29) is 12.2 Å². The Kier molecular flexibility index (Phi) is 6.12. The smallest absolute Gasteiger partial charge is 0.321 e. The molecule has 21 heavy (non-hydrogen) atoms. The molecule has 0 saturated carbocycles. The van der Waals surface area contributed by atoms with Crippen LogP contribution in [0.5, 0.6) is 0 Å². The molecule has 0 atom stereocenters. The molecule has 0 unspecified atom stereocenters. The van der Waals surface area contributed by atoms with Gasteiger partial charge < -0.3 is 10.6 Å². The van der Waals surface area contributed by atoms with Crippen LogP contribution in [0.3, 0.4) is 0 Å². The van der Waals surface area contributed by atoms with Gasteiger partial charge in [-0.05, 0) is 19.4 Å². The van der Waals surface area contributed by atoms with E-state index in [1.165, 1.54) is 6.07 Å². The number of benzene rings is 1. The molecule has 0 spiro atoms. The van der Waals surface area contributed by atoms with E-state index in [9.17, 15) is 19.7 Å². The Bertz CT molecular complexity index is 545. The van der Waals surface area contributed by atoms with Gasteiger partial charge in [0.25, 0.3) is 5.69 Å². The number of amides is 3. The van der Waals surface area contributed by atoms with Crippen LogP contribution in [-0.2, 0) is 11.2 Å². The maximum Gasteiger partial charge on any atom is 0.321 e. The summed E-state index contributed by atoms with van der Waals surface area (Å²) in [6.45, 7) is 3.82. The zero-order chi connectivity index (χ0) is 15.8. The van der Waals surface area contributed by atoms with Gasteiger partial charge >= 0.3 is 6.03 Å². The third-order valence-electron chi connectivity index (χ3n) is 2.71. The molecule has 3 amide bonds. The summed E-state index contributed by atoms with van der Waals surface area (Å²) in [5, 5.41) is 18.2. The predicted octanol–water partition coefficient (Wildman–Crippen LogP) is 1.41. The third-order valence-corrected chi connectivity index (χ3v) is 2.71. The second kappa shape index (κ2) is 7.83. The SMILES string of the molecule is CCNC(=O)NC(=O)CNc1ccc(CC)c([N+](=O)[O-])c1. The molecular weight excluding hydrogens is 276 g/mol.